The summed E-state index contributed by atoms with van der Waals surface area (Å²) in [6.07, 6.45) is 2.46. The Balaban J connectivity index is 2.12. The van der Waals surface area contributed by atoms with E-state index in [0.717, 1.165) is 11.1 Å². The molecule has 0 bridgehead atoms. The van der Waals surface area contributed by atoms with E-state index >= 15 is 0 Å². The Morgan fingerprint density at radius 3 is 3.14 bits per heavy atom. The standard InChI is InChI=1S/C11H13BrOS/c12-10-5-3-4-9(8-10)11-13-6-1-2-7-14-11/h3-5,8,11H,1-2,6-7H2/t11-/m0/s1. The maximum atomic E-state index is 5.79. The molecule has 2 rings (SSSR count). The molecule has 1 fully saturated rings. The molecule has 0 N–H and O–H groups in total. The van der Waals surface area contributed by atoms with Crippen LogP contribution in [-0.4, -0.2) is 12.4 Å². The summed E-state index contributed by atoms with van der Waals surface area (Å²) in [4.78, 5) is 0. The highest BCUT2D eigenvalue weighted by Crippen LogP contribution is 2.34. The predicted octanol–water partition coefficient (Wildman–Crippen LogP) is 3.99. The molecular weight excluding hydrogens is 260 g/mol. The van der Waals surface area contributed by atoms with E-state index in [1.807, 2.05) is 17.8 Å². The van der Waals surface area contributed by atoms with E-state index in [4.69, 9.17) is 4.74 Å². The van der Waals surface area contributed by atoms with Crippen LogP contribution in [0.15, 0.2) is 28.7 Å². The molecule has 1 heterocycles. The van der Waals surface area contributed by atoms with Crippen molar-refractivity contribution in [3.8, 4) is 0 Å². The second kappa shape index (κ2) is 5.19. The normalized spacial score (nSPS) is 23.1. The fourth-order valence-electron chi connectivity index (χ4n) is 1.48. The zero-order chi connectivity index (χ0) is 9.80. The Hall–Kier alpha value is 0.01000. The van der Waals surface area contributed by atoms with E-state index in [9.17, 15) is 0 Å². The SMILES string of the molecule is Brc1cccc([C@H]2OCCCCS2)c1. The van der Waals surface area contributed by atoms with Crippen molar-refractivity contribution >= 4 is 27.7 Å². The molecule has 0 radical (unpaired) electrons. The summed E-state index contributed by atoms with van der Waals surface area (Å²) in [5, 5.41) is 0. The lowest BCUT2D eigenvalue weighted by molar-refractivity contribution is 0.115. The van der Waals surface area contributed by atoms with Crippen LogP contribution in [0.3, 0.4) is 0 Å². The molecule has 0 spiro atoms. The largest absolute Gasteiger partial charge is 0.363 e. The summed E-state index contributed by atoms with van der Waals surface area (Å²) >= 11 is 5.39. The van der Waals surface area contributed by atoms with Crippen LogP contribution in [0.5, 0.6) is 0 Å². The van der Waals surface area contributed by atoms with Gasteiger partial charge < -0.3 is 4.74 Å². The highest BCUT2D eigenvalue weighted by Gasteiger charge is 2.14. The zero-order valence-electron chi connectivity index (χ0n) is 7.91. The second-order valence-corrected chi connectivity index (χ2v) is 5.42. The molecule has 0 amide bonds. The summed E-state index contributed by atoms with van der Waals surface area (Å²) in [5.74, 6) is 1.21. The van der Waals surface area contributed by atoms with Crippen molar-refractivity contribution in [3.05, 3.63) is 34.3 Å². The molecule has 1 atom stereocenters. The summed E-state index contributed by atoms with van der Waals surface area (Å²) in [6.45, 7) is 0.893. The van der Waals surface area contributed by atoms with Crippen LogP contribution in [0.4, 0.5) is 0 Å². The van der Waals surface area contributed by atoms with Gasteiger partial charge >= 0.3 is 0 Å². The number of hydrogen-bond donors (Lipinski definition) is 0. The maximum Gasteiger partial charge on any atom is 0.128 e. The molecule has 1 saturated heterocycles. The first-order chi connectivity index (χ1) is 6.86. The Morgan fingerprint density at radius 2 is 2.29 bits per heavy atom. The van der Waals surface area contributed by atoms with E-state index in [1.54, 1.807) is 0 Å². The number of thioether (sulfide) groups is 1. The van der Waals surface area contributed by atoms with Gasteiger partial charge in [-0.25, -0.2) is 0 Å². The van der Waals surface area contributed by atoms with E-state index in [0.29, 0.717) is 0 Å². The van der Waals surface area contributed by atoms with Gasteiger partial charge in [-0.1, -0.05) is 28.1 Å². The fourth-order valence-corrected chi connectivity index (χ4v) is 3.01. The minimum atomic E-state index is 0.231. The Bertz CT molecular complexity index is 295. The highest BCUT2D eigenvalue weighted by atomic mass is 79.9. The van der Waals surface area contributed by atoms with Gasteiger partial charge in [-0.3, -0.25) is 0 Å². The molecule has 0 saturated carbocycles. The average Bonchev–Trinajstić information content (AvgIpc) is 2.45. The number of halogens is 1. The second-order valence-electron chi connectivity index (χ2n) is 3.34. The van der Waals surface area contributed by atoms with Gasteiger partial charge in [0.2, 0.25) is 0 Å². The summed E-state index contributed by atoms with van der Waals surface area (Å²) in [5.41, 5.74) is 1.50. The molecule has 3 heteroatoms. The van der Waals surface area contributed by atoms with Crippen LogP contribution in [0, 0.1) is 0 Å². The molecule has 1 aromatic carbocycles. The first kappa shape index (κ1) is 10.5. The van der Waals surface area contributed by atoms with Crippen molar-refractivity contribution in [2.24, 2.45) is 0 Å². The summed E-state index contributed by atoms with van der Waals surface area (Å²) in [6, 6.07) is 8.38. The van der Waals surface area contributed by atoms with E-state index in [2.05, 4.69) is 34.1 Å². The lowest BCUT2D eigenvalue weighted by Gasteiger charge is -2.14. The van der Waals surface area contributed by atoms with Gasteiger partial charge in [-0.15, -0.1) is 11.8 Å². The van der Waals surface area contributed by atoms with E-state index in [-0.39, 0.29) is 5.44 Å². The van der Waals surface area contributed by atoms with Crippen molar-refractivity contribution in [2.45, 2.75) is 18.3 Å². The van der Waals surface area contributed by atoms with Gasteiger partial charge in [0.1, 0.15) is 5.44 Å². The molecule has 0 aromatic heterocycles. The van der Waals surface area contributed by atoms with Crippen molar-refractivity contribution in [3.63, 3.8) is 0 Å². The van der Waals surface area contributed by atoms with E-state index in [1.165, 1.54) is 24.2 Å². The predicted molar refractivity (Wildman–Crippen MR) is 64.5 cm³/mol. The van der Waals surface area contributed by atoms with Crippen LogP contribution in [-0.2, 0) is 4.74 Å². The molecule has 1 nitrogen and oxygen atoms in total. The van der Waals surface area contributed by atoms with Crippen LogP contribution in [0.25, 0.3) is 0 Å². The van der Waals surface area contributed by atoms with Gasteiger partial charge in [-0.2, -0.15) is 0 Å². The van der Waals surface area contributed by atoms with Crippen LogP contribution in [0.2, 0.25) is 0 Å². The van der Waals surface area contributed by atoms with Crippen molar-refractivity contribution < 1.29 is 4.74 Å². The quantitative estimate of drug-likeness (QED) is 0.765. The van der Waals surface area contributed by atoms with Crippen LogP contribution >= 0.6 is 27.7 Å². The Kier molecular flexibility index (Phi) is 3.90. The highest BCUT2D eigenvalue weighted by molar-refractivity contribution is 9.10. The fraction of sp³-hybridized carbons (Fsp3) is 0.455. The van der Waals surface area contributed by atoms with Crippen LogP contribution in [0.1, 0.15) is 23.8 Å². The minimum absolute atomic E-state index is 0.231. The minimum Gasteiger partial charge on any atom is -0.363 e. The lowest BCUT2D eigenvalue weighted by atomic mass is 10.2. The third kappa shape index (κ3) is 2.75. The van der Waals surface area contributed by atoms with Crippen molar-refractivity contribution in [2.75, 3.05) is 12.4 Å². The Labute approximate surface area is 97.4 Å². The van der Waals surface area contributed by atoms with Crippen molar-refractivity contribution in [1.82, 2.24) is 0 Å². The molecular formula is C11H13BrOS. The van der Waals surface area contributed by atoms with Gasteiger partial charge in [0.15, 0.2) is 0 Å². The maximum absolute atomic E-state index is 5.79. The molecule has 76 valence electrons. The van der Waals surface area contributed by atoms with E-state index < -0.39 is 0 Å². The molecule has 1 aromatic rings. The van der Waals surface area contributed by atoms with Gasteiger partial charge in [0.05, 0.1) is 0 Å². The third-order valence-electron chi connectivity index (χ3n) is 2.20. The number of hydrogen-bond acceptors (Lipinski definition) is 2. The van der Waals surface area contributed by atoms with Gasteiger partial charge in [-0.05, 0) is 36.3 Å². The summed E-state index contributed by atoms with van der Waals surface area (Å²) in [7, 11) is 0. The molecule has 1 aliphatic rings. The van der Waals surface area contributed by atoms with Gasteiger partial charge in [0, 0.05) is 11.1 Å². The first-order valence-electron chi connectivity index (χ1n) is 4.85. The lowest BCUT2D eigenvalue weighted by Crippen LogP contribution is -1.99. The molecule has 0 unspecified atom stereocenters. The number of rotatable bonds is 1. The topological polar surface area (TPSA) is 9.23 Å². The number of benzene rings is 1. The number of ether oxygens (including phenoxy) is 1. The smallest absolute Gasteiger partial charge is 0.128 e. The molecule has 1 aliphatic heterocycles. The molecule has 0 aliphatic carbocycles. The summed E-state index contributed by atoms with van der Waals surface area (Å²) < 4.78 is 6.91. The monoisotopic (exact) mass is 272 g/mol. The van der Waals surface area contributed by atoms with Gasteiger partial charge in [0.25, 0.3) is 0 Å². The average molecular weight is 273 g/mol. The Morgan fingerprint density at radius 1 is 1.36 bits per heavy atom. The van der Waals surface area contributed by atoms with Crippen LogP contribution < -0.4 is 0 Å². The van der Waals surface area contributed by atoms with Crippen molar-refractivity contribution in [1.29, 1.82) is 0 Å². The molecule has 14 heavy (non-hydrogen) atoms. The zero-order valence-corrected chi connectivity index (χ0v) is 10.3. The first-order valence-corrected chi connectivity index (χ1v) is 6.69. The third-order valence-corrected chi connectivity index (χ3v) is 3.93.